The predicted molar refractivity (Wildman–Crippen MR) is 76.4 cm³/mol. The zero-order valence-corrected chi connectivity index (χ0v) is 11.4. The van der Waals surface area contributed by atoms with E-state index < -0.39 is 0 Å². The van der Waals surface area contributed by atoms with E-state index in [1.807, 2.05) is 28.8 Å². The molecule has 1 saturated carbocycles. The quantitative estimate of drug-likeness (QED) is 0.921. The van der Waals surface area contributed by atoms with E-state index >= 15 is 0 Å². The van der Waals surface area contributed by atoms with Crippen molar-refractivity contribution in [3.63, 3.8) is 0 Å². The maximum Gasteiger partial charge on any atom is 0.153 e. The van der Waals surface area contributed by atoms with Crippen LogP contribution in [0.3, 0.4) is 0 Å². The van der Waals surface area contributed by atoms with Gasteiger partial charge in [-0.2, -0.15) is 0 Å². The number of nitrogens with zero attached hydrogens (tertiary/aromatic N) is 3. The molecule has 1 aliphatic carbocycles. The molecular weight excluding hydrogens is 238 g/mol. The second-order valence-electron chi connectivity index (χ2n) is 5.37. The van der Waals surface area contributed by atoms with Gasteiger partial charge in [-0.15, -0.1) is 0 Å². The molecule has 102 valence electrons. The molecule has 1 fully saturated rings. The van der Waals surface area contributed by atoms with Gasteiger partial charge in [0.25, 0.3) is 0 Å². The summed E-state index contributed by atoms with van der Waals surface area (Å²) in [5, 5.41) is 9.67. The molecule has 3 rings (SSSR count). The van der Waals surface area contributed by atoms with Crippen molar-refractivity contribution in [3.05, 3.63) is 30.1 Å². The highest BCUT2D eigenvalue weighted by Gasteiger charge is 2.23. The highest BCUT2D eigenvalue weighted by molar-refractivity contribution is 5.55. The van der Waals surface area contributed by atoms with Gasteiger partial charge in [0, 0.05) is 19.3 Å². The average Bonchev–Trinajstić information content (AvgIpc) is 2.85. The number of rotatable bonds is 3. The minimum atomic E-state index is 0.0254. The van der Waals surface area contributed by atoms with Crippen molar-refractivity contribution in [1.82, 2.24) is 9.38 Å². The number of fused-ring (bicyclic) bond motifs is 1. The summed E-state index contributed by atoms with van der Waals surface area (Å²) >= 11 is 0. The van der Waals surface area contributed by atoms with E-state index in [2.05, 4.69) is 16.9 Å². The Labute approximate surface area is 113 Å². The minimum absolute atomic E-state index is 0.0254. The summed E-state index contributed by atoms with van der Waals surface area (Å²) in [6.45, 7) is 0.0254. The molecule has 19 heavy (non-hydrogen) atoms. The first kappa shape index (κ1) is 12.5. The number of imidazole rings is 1. The molecular formula is C15H21N3O. The smallest absolute Gasteiger partial charge is 0.153 e. The molecule has 0 unspecified atom stereocenters. The molecule has 0 saturated heterocycles. The van der Waals surface area contributed by atoms with Crippen LogP contribution in [0.15, 0.2) is 24.4 Å². The third-order valence-electron chi connectivity index (χ3n) is 4.21. The van der Waals surface area contributed by atoms with Gasteiger partial charge in [-0.25, -0.2) is 4.98 Å². The van der Waals surface area contributed by atoms with Crippen LogP contribution in [0, 0.1) is 0 Å². The topological polar surface area (TPSA) is 40.8 Å². The Kier molecular flexibility index (Phi) is 3.42. The molecule has 4 heteroatoms. The summed E-state index contributed by atoms with van der Waals surface area (Å²) < 4.78 is 1.98. The molecule has 0 spiro atoms. The van der Waals surface area contributed by atoms with Gasteiger partial charge < -0.3 is 10.0 Å². The number of anilines is 1. The summed E-state index contributed by atoms with van der Waals surface area (Å²) in [7, 11) is 2.11. The molecule has 2 heterocycles. The van der Waals surface area contributed by atoms with Crippen LogP contribution in [0.25, 0.3) is 5.65 Å². The maximum atomic E-state index is 9.67. The predicted octanol–water partition coefficient (Wildman–Crippen LogP) is 2.60. The number of aromatic nitrogens is 2. The molecule has 1 N–H and O–H groups in total. The van der Waals surface area contributed by atoms with Crippen molar-refractivity contribution in [3.8, 4) is 0 Å². The van der Waals surface area contributed by atoms with Gasteiger partial charge in [0.05, 0.1) is 12.3 Å². The summed E-state index contributed by atoms with van der Waals surface area (Å²) in [4.78, 5) is 6.95. The lowest BCUT2D eigenvalue weighted by Gasteiger charge is -2.31. The van der Waals surface area contributed by atoms with Gasteiger partial charge in [-0.1, -0.05) is 25.3 Å². The van der Waals surface area contributed by atoms with Crippen LogP contribution in [0.4, 0.5) is 5.82 Å². The zero-order chi connectivity index (χ0) is 13.2. The van der Waals surface area contributed by atoms with Crippen molar-refractivity contribution in [2.24, 2.45) is 0 Å². The first-order valence-corrected chi connectivity index (χ1v) is 7.11. The van der Waals surface area contributed by atoms with E-state index in [0.29, 0.717) is 6.04 Å². The van der Waals surface area contributed by atoms with Gasteiger partial charge in [0.2, 0.25) is 0 Å². The van der Waals surface area contributed by atoms with Crippen LogP contribution in [0.2, 0.25) is 0 Å². The molecule has 2 aromatic rings. The van der Waals surface area contributed by atoms with Crippen molar-refractivity contribution in [1.29, 1.82) is 0 Å². The van der Waals surface area contributed by atoms with Crippen LogP contribution in [0.5, 0.6) is 0 Å². The third-order valence-corrected chi connectivity index (χ3v) is 4.21. The van der Waals surface area contributed by atoms with Gasteiger partial charge in [-0.05, 0) is 25.0 Å². The Morgan fingerprint density at radius 3 is 2.84 bits per heavy atom. The summed E-state index contributed by atoms with van der Waals surface area (Å²) in [6.07, 6.45) is 8.38. The minimum Gasteiger partial charge on any atom is -0.390 e. The van der Waals surface area contributed by atoms with E-state index in [1.54, 1.807) is 0 Å². The molecule has 1 aliphatic rings. The Bertz CT molecular complexity index is 558. The Morgan fingerprint density at radius 1 is 1.32 bits per heavy atom. The second kappa shape index (κ2) is 5.21. The fraction of sp³-hybridized carbons (Fsp3) is 0.533. The molecule has 4 nitrogen and oxygen atoms in total. The van der Waals surface area contributed by atoms with Crippen molar-refractivity contribution < 1.29 is 5.11 Å². The Hall–Kier alpha value is -1.55. The normalized spacial score (nSPS) is 16.9. The van der Waals surface area contributed by atoms with Crippen LogP contribution < -0.4 is 4.90 Å². The van der Waals surface area contributed by atoms with Crippen LogP contribution in [-0.4, -0.2) is 27.6 Å². The zero-order valence-electron chi connectivity index (χ0n) is 11.4. The average molecular weight is 259 g/mol. The fourth-order valence-corrected chi connectivity index (χ4v) is 3.10. The van der Waals surface area contributed by atoms with E-state index in [1.165, 1.54) is 32.1 Å². The van der Waals surface area contributed by atoms with E-state index in [9.17, 15) is 5.11 Å². The van der Waals surface area contributed by atoms with Crippen LogP contribution >= 0.6 is 0 Å². The van der Waals surface area contributed by atoms with Gasteiger partial charge in [0.15, 0.2) is 5.82 Å². The molecule has 2 aromatic heterocycles. The second-order valence-corrected chi connectivity index (χ2v) is 5.37. The van der Waals surface area contributed by atoms with E-state index in [-0.39, 0.29) is 6.61 Å². The number of pyridine rings is 1. The third kappa shape index (κ3) is 2.21. The summed E-state index contributed by atoms with van der Waals surface area (Å²) in [6, 6.07) is 6.49. The number of hydrogen-bond acceptors (Lipinski definition) is 3. The monoisotopic (exact) mass is 259 g/mol. The maximum absolute atomic E-state index is 9.67. The molecule has 0 aliphatic heterocycles. The van der Waals surface area contributed by atoms with Crippen LogP contribution in [-0.2, 0) is 6.61 Å². The number of aliphatic hydroxyl groups is 1. The van der Waals surface area contributed by atoms with E-state index in [0.717, 1.165) is 17.2 Å². The lowest BCUT2D eigenvalue weighted by Crippen LogP contribution is -2.34. The molecule has 0 radical (unpaired) electrons. The standard InChI is InChI=1S/C15H21N3O/c1-17(12-7-3-2-4-8-12)15-13(11-19)18-10-6-5-9-14(18)16-15/h5-6,9-10,12,19H,2-4,7-8,11H2,1H3. The fourth-order valence-electron chi connectivity index (χ4n) is 3.10. The Balaban J connectivity index is 1.98. The van der Waals surface area contributed by atoms with Gasteiger partial charge >= 0.3 is 0 Å². The van der Waals surface area contributed by atoms with Crippen molar-refractivity contribution in [2.75, 3.05) is 11.9 Å². The lowest BCUT2D eigenvalue weighted by atomic mass is 9.94. The van der Waals surface area contributed by atoms with Crippen molar-refractivity contribution in [2.45, 2.75) is 44.8 Å². The lowest BCUT2D eigenvalue weighted by molar-refractivity contribution is 0.275. The van der Waals surface area contributed by atoms with E-state index in [4.69, 9.17) is 0 Å². The largest absolute Gasteiger partial charge is 0.390 e. The molecule has 0 amide bonds. The SMILES string of the molecule is CN(c1nc2ccccn2c1CO)C1CCCCC1. The van der Waals surface area contributed by atoms with Gasteiger partial charge in [0.1, 0.15) is 5.65 Å². The molecule has 0 bridgehead atoms. The highest BCUT2D eigenvalue weighted by atomic mass is 16.3. The first-order chi connectivity index (χ1) is 9.31. The Morgan fingerprint density at radius 2 is 2.11 bits per heavy atom. The molecule has 0 atom stereocenters. The highest BCUT2D eigenvalue weighted by Crippen LogP contribution is 2.28. The van der Waals surface area contributed by atoms with Gasteiger partial charge in [-0.3, -0.25) is 4.40 Å². The first-order valence-electron chi connectivity index (χ1n) is 7.11. The van der Waals surface area contributed by atoms with Crippen LogP contribution in [0.1, 0.15) is 37.8 Å². The van der Waals surface area contributed by atoms with Crippen molar-refractivity contribution >= 4 is 11.5 Å². The molecule has 0 aromatic carbocycles. The summed E-state index contributed by atoms with van der Waals surface area (Å²) in [5.74, 6) is 0.931. The summed E-state index contributed by atoms with van der Waals surface area (Å²) in [5.41, 5.74) is 1.80. The number of hydrogen-bond donors (Lipinski definition) is 1. The number of aliphatic hydroxyl groups excluding tert-OH is 1.